The van der Waals surface area contributed by atoms with Gasteiger partial charge in [-0.15, -0.1) is 0 Å². The van der Waals surface area contributed by atoms with E-state index in [1.165, 1.54) is 15.8 Å². The minimum atomic E-state index is -0.112. The first kappa shape index (κ1) is 21.1. The number of piperidine rings is 2. The summed E-state index contributed by atoms with van der Waals surface area (Å²) in [5.74, 6) is 0.174. The molecule has 6 nitrogen and oxygen atoms in total. The van der Waals surface area contributed by atoms with Gasteiger partial charge in [0.2, 0.25) is 5.91 Å². The number of likely N-dealkylation sites (tertiary alicyclic amines) is 1. The molecule has 0 saturated carbocycles. The Morgan fingerprint density at radius 2 is 1.73 bits per heavy atom. The molecule has 2 saturated heterocycles. The fourth-order valence-corrected chi connectivity index (χ4v) is 5.86. The Morgan fingerprint density at radius 1 is 1.07 bits per heavy atom. The van der Waals surface area contributed by atoms with Gasteiger partial charge in [0.15, 0.2) is 5.13 Å². The van der Waals surface area contributed by atoms with Crippen LogP contribution in [0.15, 0.2) is 12.1 Å². The van der Waals surface area contributed by atoms with E-state index in [0.29, 0.717) is 32.5 Å². The zero-order chi connectivity index (χ0) is 21.3. The van der Waals surface area contributed by atoms with Gasteiger partial charge in [0.05, 0.1) is 22.7 Å². The zero-order valence-electron chi connectivity index (χ0n) is 18.1. The first-order valence-corrected chi connectivity index (χ1v) is 11.9. The minimum absolute atomic E-state index is 0.0537. The zero-order valence-corrected chi connectivity index (χ0v) is 19.0. The molecule has 0 radical (unpaired) electrons. The molecule has 2 aliphatic rings. The van der Waals surface area contributed by atoms with E-state index in [1.54, 1.807) is 11.3 Å². The van der Waals surface area contributed by atoms with E-state index < -0.39 is 0 Å². The summed E-state index contributed by atoms with van der Waals surface area (Å²) >= 11 is 1.75. The smallest absolute Gasteiger partial charge is 0.309 e. The van der Waals surface area contributed by atoms with E-state index in [2.05, 4.69) is 30.9 Å². The number of fused-ring (bicyclic) bond motifs is 1. The number of ether oxygens (including phenoxy) is 1. The van der Waals surface area contributed by atoms with E-state index in [9.17, 15) is 9.59 Å². The number of benzene rings is 1. The highest BCUT2D eigenvalue weighted by molar-refractivity contribution is 7.22. The van der Waals surface area contributed by atoms with E-state index in [0.717, 1.165) is 36.6 Å². The van der Waals surface area contributed by atoms with Gasteiger partial charge < -0.3 is 14.5 Å². The van der Waals surface area contributed by atoms with E-state index in [1.807, 2.05) is 11.8 Å². The van der Waals surface area contributed by atoms with Crippen LogP contribution in [-0.4, -0.2) is 54.5 Å². The topological polar surface area (TPSA) is 62.7 Å². The molecule has 0 N–H and O–H groups in total. The molecule has 2 aromatic rings. The number of aryl methyl sites for hydroxylation is 2. The molecular formula is C23H31N3O3S. The molecule has 1 amide bonds. The molecule has 1 aromatic carbocycles. The quantitative estimate of drug-likeness (QED) is 0.689. The molecule has 3 heterocycles. The lowest BCUT2D eigenvalue weighted by atomic mass is 9.92. The summed E-state index contributed by atoms with van der Waals surface area (Å²) in [6.07, 6.45) is 3.16. The van der Waals surface area contributed by atoms with Crippen LogP contribution in [0.1, 0.15) is 43.7 Å². The number of hydrogen-bond donors (Lipinski definition) is 0. The van der Waals surface area contributed by atoms with Crippen molar-refractivity contribution in [3.63, 3.8) is 0 Å². The average molecular weight is 430 g/mol. The number of nitrogens with zero attached hydrogens (tertiary/aromatic N) is 3. The third-order valence-electron chi connectivity index (χ3n) is 6.36. The summed E-state index contributed by atoms with van der Waals surface area (Å²) in [6.45, 7) is 9.57. The SMILES string of the molecule is CCOC(=O)C1CCN(C(=O)C2CCN(c3nc4c(C)cc(C)cc4s3)CC2)CC1. The van der Waals surface area contributed by atoms with Crippen molar-refractivity contribution in [1.29, 1.82) is 0 Å². The normalized spacial score (nSPS) is 18.8. The highest BCUT2D eigenvalue weighted by Crippen LogP contribution is 2.34. The van der Waals surface area contributed by atoms with Gasteiger partial charge >= 0.3 is 5.97 Å². The summed E-state index contributed by atoms with van der Waals surface area (Å²) in [5, 5.41) is 1.07. The van der Waals surface area contributed by atoms with E-state index in [4.69, 9.17) is 9.72 Å². The van der Waals surface area contributed by atoms with Crippen molar-refractivity contribution < 1.29 is 14.3 Å². The number of rotatable bonds is 4. The van der Waals surface area contributed by atoms with Crippen LogP contribution in [-0.2, 0) is 14.3 Å². The van der Waals surface area contributed by atoms with E-state index >= 15 is 0 Å². The predicted octanol–water partition coefficient (Wildman–Crippen LogP) is 3.93. The van der Waals surface area contributed by atoms with Crippen LogP contribution in [0.2, 0.25) is 0 Å². The standard InChI is InChI=1S/C23H31N3O3S/c1-4-29-22(28)18-7-9-25(10-8-18)21(27)17-5-11-26(12-6-17)23-24-20-16(3)13-15(2)14-19(20)30-23/h13-14,17-18H,4-12H2,1-3H3. The first-order chi connectivity index (χ1) is 14.5. The maximum atomic E-state index is 13.0. The number of hydrogen-bond acceptors (Lipinski definition) is 6. The van der Waals surface area contributed by atoms with Crippen molar-refractivity contribution >= 4 is 38.6 Å². The number of carbonyl (C=O) groups is 2. The summed E-state index contributed by atoms with van der Waals surface area (Å²) in [7, 11) is 0. The molecule has 0 aliphatic carbocycles. The summed E-state index contributed by atoms with van der Waals surface area (Å²) in [6, 6.07) is 4.39. The third kappa shape index (κ3) is 4.31. The van der Waals surface area contributed by atoms with Gasteiger partial charge in [-0.1, -0.05) is 17.4 Å². The second-order valence-corrected chi connectivity index (χ2v) is 9.55. The highest BCUT2D eigenvalue weighted by atomic mass is 32.1. The van der Waals surface area contributed by atoms with Crippen LogP contribution in [0.4, 0.5) is 5.13 Å². The van der Waals surface area contributed by atoms with Crippen molar-refractivity contribution in [3.05, 3.63) is 23.3 Å². The van der Waals surface area contributed by atoms with E-state index in [-0.39, 0.29) is 23.7 Å². The maximum absolute atomic E-state index is 13.0. The molecule has 30 heavy (non-hydrogen) atoms. The molecule has 4 rings (SSSR count). The van der Waals surface area contributed by atoms with Gasteiger partial charge in [-0.05, 0) is 63.6 Å². The number of esters is 1. The molecule has 1 aromatic heterocycles. The molecule has 162 valence electrons. The van der Waals surface area contributed by atoms with Crippen LogP contribution in [0.25, 0.3) is 10.2 Å². The molecule has 7 heteroatoms. The fraction of sp³-hybridized carbons (Fsp3) is 0.609. The Balaban J connectivity index is 1.32. The number of carbonyl (C=O) groups excluding carboxylic acids is 2. The number of anilines is 1. The Bertz CT molecular complexity index is 925. The van der Waals surface area contributed by atoms with Gasteiger partial charge in [-0.3, -0.25) is 9.59 Å². The molecule has 2 aliphatic heterocycles. The Kier molecular flexibility index (Phi) is 6.27. The first-order valence-electron chi connectivity index (χ1n) is 11.0. The summed E-state index contributed by atoms with van der Waals surface area (Å²) < 4.78 is 6.37. The van der Waals surface area contributed by atoms with Crippen LogP contribution in [0.3, 0.4) is 0 Å². The number of thiazole rings is 1. The lowest BCUT2D eigenvalue weighted by molar-refractivity contribution is -0.151. The lowest BCUT2D eigenvalue weighted by Crippen LogP contribution is -2.46. The Hall–Kier alpha value is -2.15. The van der Waals surface area contributed by atoms with Crippen molar-refractivity contribution in [2.24, 2.45) is 11.8 Å². The van der Waals surface area contributed by atoms with Crippen LogP contribution >= 0.6 is 11.3 Å². The highest BCUT2D eigenvalue weighted by Gasteiger charge is 2.33. The van der Waals surface area contributed by atoms with Crippen LogP contribution < -0.4 is 4.90 Å². The molecule has 0 atom stereocenters. The second kappa shape index (κ2) is 8.92. The largest absolute Gasteiger partial charge is 0.466 e. The van der Waals surface area contributed by atoms with Gasteiger partial charge in [-0.25, -0.2) is 4.98 Å². The van der Waals surface area contributed by atoms with Crippen LogP contribution in [0, 0.1) is 25.7 Å². The van der Waals surface area contributed by atoms with Gasteiger partial charge in [0, 0.05) is 32.1 Å². The summed E-state index contributed by atoms with van der Waals surface area (Å²) in [4.78, 5) is 34.1. The van der Waals surface area contributed by atoms with Crippen molar-refractivity contribution in [3.8, 4) is 0 Å². The Labute approximate surface area is 182 Å². The predicted molar refractivity (Wildman–Crippen MR) is 120 cm³/mol. The monoisotopic (exact) mass is 429 g/mol. The third-order valence-corrected chi connectivity index (χ3v) is 7.42. The number of aromatic nitrogens is 1. The summed E-state index contributed by atoms with van der Waals surface area (Å²) in [5.41, 5.74) is 3.60. The molecule has 2 fully saturated rings. The van der Waals surface area contributed by atoms with Crippen molar-refractivity contribution in [2.75, 3.05) is 37.7 Å². The molecule has 0 bridgehead atoms. The maximum Gasteiger partial charge on any atom is 0.309 e. The van der Waals surface area contributed by atoms with Gasteiger partial charge in [0.1, 0.15) is 0 Å². The Morgan fingerprint density at radius 3 is 2.40 bits per heavy atom. The average Bonchev–Trinajstić information content (AvgIpc) is 3.18. The van der Waals surface area contributed by atoms with Gasteiger partial charge in [0.25, 0.3) is 0 Å². The van der Waals surface area contributed by atoms with Crippen molar-refractivity contribution in [1.82, 2.24) is 9.88 Å². The fourth-order valence-electron chi connectivity index (χ4n) is 4.67. The molecule has 0 unspecified atom stereocenters. The lowest BCUT2D eigenvalue weighted by Gasteiger charge is -2.36. The molecular weight excluding hydrogens is 398 g/mol. The number of amides is 1. The molecule has 0 spiro atoms. The van der Waals surface area contributed by atoms with Gasteiger partial charge in [-0.2, -0.15) is 0 Å². The second-order valence-electron chi connectivity index (χ2n) is 8.54. The minimum Gasteiger partial charge on any atom is -0.466 e. The van der Waals surface area contributed by atoms with Crippen molar-refractivity contribution in [2.45, 2.75) is 46.5 Å². The van der Waals surface area contributed by atoms with Crippen LogP contribution in [0.5, 0.6) is 0 Å².